The smallest absolute Gasteiger partial charge is 0.472 e. The van der Waals surface area contributed by atoms with Crippen LogP contribution in [0.1, 0.15) is 155 Å². The van der Waals surface area contributed by atoms with E-state index in [-0.39, 0.29) is 19.4 Å². The van der Waals surface area contributed by atoms with E-state index >= 15 is 0 Å². The van der Waals surface area contributed by atoms with Crippen molar-refractivity contribution in [1.29, 1.82) is 0 Å². The molecule has 0 aliphatic rings. The van der Waals surface area contributed by atoms with Gasteiger partial charge < -0.3 is 25.2 Å². The summed E-state index contributed by atoms with van der Waals surface area (Å²) < 4.78 is 32.6. The monoisotopic (exact) mass is 808 g/mol. The summed E-state index contributed by atoms with van der Waals surface area (Å²) in [6, 6.07) is -1.53. The van der Waals surface area contributed by atoms with Crippen molar-refractivity contribution in [2.45, 2.75) is 167 Å². The van der Waals surface area contributed by atoms with Gasteiger partial charge in [0.1, 0.15) is 12.6 Å². The molecule has 0 saturated heterocycles. The van der Waals surface area contributed by atoms with E-state index in [1.54, 1.807) is 0 Å². The molecule has 0 spiro atoms. The molecule has 0 heterocycles. The number of hydrogen-bond acceptors (Lipinski definition) is 9. The molecule has 11 nitrogen and oxygen atoms in total. The lowest BCUT2D eigenvalue weighted by molar-refractivity contribution is -0.161. The molecule has 56 heavy (non-hydrogen) atoms. The number of esters is 2. The van der Waals surface area contributed by atoms with E-state index in [9.17, 15) is 23.8 Å². The van der Waals surface area contributed by atoms with Gasteiger partial charge in [0, 0.05) is 12.8 Å². The summed E-state index contributed by atoms with van der Waals surface area (Å²) in [6.07, 6.45) is 45.5. The molecule has 0 saturated carbocycles. The fourth-order valence-corrected chi connectivity index (χ4v) is 5.93. The van der Waals surface area contributed by atoms with Crippen LogP contribution in [0.25, 0.3) is 0 Å². The van der Waals surface area contributed by atoms with E-state index in [1.165, 1.54) is 38.5 Å². The quantitative estimate of drug-likeness (QED) is 0.0235. The highest BCUT2D eigenvalue weighted by atomic mass is 31.2. The summed E-state index contributed by atoms with van der Waals surface area (Å²) in [7, 11) is -4.74. The minimum Gasteiger partial charge on any atom is -0.480 e. The molecular weight excluding hydrogens is 733 g/mol. The average molecular weight is 808 g/mol. The molecule has 0 amide bonds. The number of aliphatic carboxylic acids is 1. The maximum atomic E-state index is 12.6. The van der Waals surface area contributed by atoms with Crippen LogP contribution in [0.3, 0.4) is 0 Å². The normalized spacial score (nSPS) is 14.5. The lowest BCUT2D eigenvalue weighted by Gasteiger charge is -2.20. The van der Waals surface area contributed by atoms with E-state index in [2.05, 4.69) is 79.1 Å². The van der Waals surface area contributed by atoms with Crippen LogP contribution in [-0.2, 0) is 37.5 Å². The van der Waals surface area contributed by atoms with Crippen LogP contribution in [0, 0.1) is 0 Å². The lowest BCUT2D eigenvalue weighted by Crippen LogP contribution is -2.34. The number of carbonyl (C=O) groups is 3. The van der Waals surface area contributed by atoms with Crippen molar-refractivity contribution < 1.29 is 47.5 Å². The van der Waals surface area contributed by atoms with Gasteiger partial charge in [-0.2, -0.15) is 0 Å². The Morgan fingerprint density at radius 2 is 1.02 bits per heavy atom. The number of allylic oxidation sites excluding steroid dienone is 12. The Hall–Kier alpha value is -3.08. The summed E-state index contributed by atoms with van der Waals surface area (Å²) in [5.41, 5.74) is 5.32. The number of carboxylic acids is 1. The molecule has 12 heteroatoms. The second-order valence-electron chi connectivity index (χ2n) is 13.7. The van der Waals surface area contributed by atoms with E-state index in [1.807, 2.05) is 12.2 Å². The van der Waals surface area contributed by atoms with E-state index in [0.717, 1.165) is 70.6 Å². The van der Waals surface area contributed by atoms with Crippen LogP contribution >= 0.6 is 7.82 Å². The van der Waals surface area contributed by atoms with E-state index in [4.69, 9.17) is 24.8 Å². The summed E-state index contributed by atoms with van der Waals surface area (Å²) in [6.45, 7) is 2.60. The second kappa shape index (κ2) is 38.8. The topological polar surface area (TPSA) is 172 Å². The Balaban J connectivity index is 4.52. The van der Waals surface area contributed by atoms with Crippen LogP contribution < -0.4 is 5.73 Å². The minimum atomic E-state index is -4.74. The van der Waals surface area contributed by atoms with Gasteiger partial charge in [0.25, 0.3) is 0 Å². The van der Waals surface area contributed by atoms with Gasteiger partial charge in [0.2, 0.25) is 0 Å². The molecule has 0 aromatic rings. The molecule has 0 fully saturated rings. The molecule has 0 radical (unpaired) electrons. The number of phosphoric ester groups is 1. The number of rotatable bonds is 38. The SMILES string of the molecule is CC/C=C\C/C=C\C/C=C\C/C=C\C/C=C\CCCC(=O)OC(COC(=O)CCCCCCC/C=C\CCCCCCCC)COP(=O)(O)OCC(N)C(=O)O. The maximum Gasteiger partial charge on any atom is 0.472 e. The third-order valence-electron chi connectivity index (χ3n) is 8.44. The number of phosphoric acid groups is 1. The Kier molecular flexibility index (Phi) is 36.6. The molecule has 320 valence electrons. The van der Waals surface area contributed by atoms with E-state index < -0.39 is 51.1 Å². The van der Waals surface area contributed by atoms with Crippen molar-refractivity contribution >= 4 is 25.7 Å². The van der Waals surface area contributed by atoms with Gasteiger partial charge in [-0.15, -0.1) is 0 Å². The van der Waals surface area contributed by atoms with Crippen molar-refractivity contribution in [1.82, 2.24) is 0 Å². The fourth-order valence-electron chi connectivity index (χ4n) is 5.15. The van der Waals surface area contributed by atoms with Crippen LogP contribution in [0.2, 0.25) is 0 Å². The zero-order valence-corrected chi connectivity index (χ0v) is 35.3. The number of ether oxygens (including phenoxy) is 2. The zero-order valence-electron chi connectivity index (χ0n) is 34.4. The number of unbranched alkanes of at least 4 members (excludes halogenated alkanes) is 12. The third kappa shape index (κ3) is 37.8. The molecule has 0 bridgehead atoms. The minimum absolute atomic E-state index is 0.0778. The van der Waals surface area contributed by atoms with Crippen molar-refractivity contribution in [2.75, 3.05) is 19.8 Å². The first-order chi connectivity index (χ1) is 27.1. The molecule has 0 rings (SSSR count). The standard InChI is InChI=1S/C44H74NO10P/c1-3-5-7-9-11-13-15-17-19-20-22-24-26-28-30-32-34-36-43(47)55-40(38-53-56(50,51)54-39-41(45)44(48)49)37-52-42(46)35-33-31-29-27-25-23-21-18-16-14-12-10-8-6-4-2/h5,7,11,13,17-19,21-22,24,28,30,40-41H,3-4,6,8-10,12,14-16,20,23,25-27,29,31-39,45H2,1-2H3,(H,48,49)(H,50,51)/b7-5-,13-11-,19-17-,21-18-,24-22-,30-28-. The van der Waals surface area contributed by atoms with Crippen molar-refractivity contribution in [3.8, 4) is 0 Å². The van der Waals surface area contributed by atoms with Crippen molar-refractivity contribution in [3.05, 3.63) is 72.9 Å². The number of nitrogens with two attached hydrogens (primary N) is 1. The predicted octanol–water partition coefficient (Wildman–Crippen LogP) is 10.9. The van der Waals surface area contributed by atoms with Gasteiger partial charge >= 0.3 is 25.7 Å². The van der Waals surface area contributed by atoms with Crippen LogP contribution in [0.4, 0.5) is 0 Å². The summed E-state index contributed by atoms with van der Waals surface area (Å²) in [4.78, 5) is 45.9. The average Bonchev–Trinajstić information content (AvgIpc) is 3.17. The van der Waals surface area contributed by atoms with Crippen molar-refractivity contribution in [2.24, 2.45) is 5.73 Å². The zero-order chi connectivity index (χ0) is 41.4. The Labute approximate surface area is 338 Å². The summed E-state index contributed by atoms with van der Waals surface area (Å²) in [5.74, 6) is -2.47. The Morgan fingerprint density at radius 3 is 1.57 bits per heavy atom. The molecule has 0 aromatic carbocycles. The predicted molar refractivity (Wildman–Crippen MR) is 226 cm³/mol. The van der Waals surface area contributed by atoms with Gasteiger partial charge in [-0.3, -0.25) is 23.4 Å². The van der Waals surface area contributed by atoms with Gasteiger partial charge in [-0.1, -0.05) is 138 Å². The first kappa shape index (κ1) is 52.9. The maximum absolute atomic E-state index is 12.6. The number of carboxylic acid groups (broad SMARTS) is 1. The summed E-state index contributed by atoms with van der Waals surface area (Å²) in [5, 5.41) is 8.88. The fraction of sp³-hybridized carbons (Fsp3) is 0.659. The highest BCUT2D eigenvalue weighted by molar-refractivity contribution is 7.47. The molecule has 0 aliphatic heterocycles. The highest BCUT2D eigenvalue weighted by Crippen LogP contribution is 2.43. The van der Waals surface area contributed by atoms with Gasteiger partial charge in [-0.25, -0.2) is 4.57 Å². The molecule has 3 atom stereocenters. The van der Waals surface area contributed by atoms with Crippen molar-refractivity contribution in [3.63, 3.8) is 0 Å². The molecule has 3 unspecified atom stereocenters. The molecular formula is C44H74NO10P. The number of carbonyl (C=O) groups excluding carboxylic acids is 2. The van der Waals surface area contributed by atoms with E-state index in [0.29, 0.717) is 19.3 Å². The highest BCUT2D eigenvalue weighted by Gasteiger charge is 2.28. The second-order valence-corrected chi connectivity index (χ2v) is 15.2. The van der Waals surface area contributed by atoms with Gasteiger partial charge in [0.15, 0.2) is 6.10 Å². The van der Waals surface area contributed by atoms with Gasteiger partial charge in [-0.05, 0) is 77.0 Å². The molecule has 4 N–H and O–H groups in total. The molecule has 0 aromatic heterocycles. The van der Waals surface area contributed by atoms with Crippen LogP contribution in [0.15, 0.2) is 72.9 Å². The molecule has 0 aliphatic carbocycles. The van der Waals surface area contributed by atoms with Crippen LogP contribution in [0.5, 0.6) is 0 Å². The first-order valence-corrected chi connectivity index (χ1v) is 22.5. The largest absolute Gasteiger partial charge is 0.480 e. The Morgan fingerprint density at radius 1 is 0.571 bits per heavy atom. The number of hydrogen-bond donors (Lipinski definition) is 3. The summed E-state index contributed by atoms with van der Waals surface area (Å²) >= 11 is 0. The van der Waals surface area contributed by atoms with Gasteiger partial charge in [0.05, 0.1) is 13.2 Å². The first-order valence-electron chi connectivity index (χ1n) is 21.0. The lowest BCUT2D eigenvalue weighted by atomic mass is 10.1. The Bertz CT molecular complexity index is 1230. The van der Waals surface area contributed by atoms with Crippen LogP contribution in [-0.4, -0.2) is 59.9 Å². The third-order valence-corrected chi connectivity index (χ3v) is 9.39.